The third-order valence-corrected chi connectivity index (χ3v) is 5.26. The molecule has 1 unspecified atom stereocenters. The zero-order valence-electron chi connectivity index (χ0n) is 14.7. The Kier molecular flexibility index (Phi) is 6.19. The van der Waals surface area contributed by atoms with Gasteiger partial charge in [-0.3, -0.25) is 9.69 Å². The van der Waals surface area contributed by atoms with Gasteiger partial charge < -0.3 is 10.1 Å². The van der Waals surface area contributed by atoms with E-state index in [1.165, 1.54) is 25.0 Å². The summed E-state index contributed by atoms with van der Waals surface area (Å²) < 4.78 is 43.2. The van der Waals surface area contributed by atoms with Crippen LogP contribution in [0, 0.1) is 0 Å². The molecule has 26 heavy (non-hydrogen) atoms. The molecule has 0 bridgehead atoms. The maximum atomic E-state index is 12.6. The van der Waals surface area contributed by atoms with E-state index in [0.717, 1.165) is 37.1 Å². The number of nitrogens with one attached hydrogen (secondary N) is 1. The van der Waals surface area contributed by atoms with Gasteiger partial charge in [-0.25, -0.2) is 0 Å². The Morgan fingerprint density at radius 1 is 1.19 bits per heavy atom. The highest BCUT2D eigenvalue weighted by atomic mass is 19.4. The van der Waals surface area contributed by atoms with Crippen molar-refractivity contribution in [1.29, 1.82) is 0 Å². The zero-order valence-corrected chi connectivity index (χ0v) is 14.7. The summed E-state index contributed by atoms with van der Waals surface area (Å²) in [6, 6.07) is 5.28. The predicted octanol–water partition coefficient (Wildman–Crippen LogP) is 3.01. The van der Waals surface area contributed by atoms with Gasteiger partial charge in [-0.05, 0) is 37.0 Å². The van der Waals surface area contributed by atoms with E-state index in [1.807, 2.05) is 0 Å². The normalized spacial score (nSPS) is 22.5. The number of ether oxygens (including phenoxy) is 1. The van der Waals surface area contributed by atoms with Gasteiger partial charge in [0.1, 0.15) is 6.04 Å². The fourth-order valence-electron chi connectivity index (χ4n) is 3.82. The molecule has 144 valence electrons. The average molecular weight is 370 g/mol. The van der Waals surface area contributed by atoms with Gasteiger partial charge in [0.2, 0.25) is 5.91 Å². The minimum Gasteiger partial charge on any atom is -0.378 e. The van der Waals surface area contributed by atoms with Crippen molar-refractivity contribution in [3.8, 4) is 0 Å². The van der Waals surface area contributed by atoms with Gasteiger partial charge in [0.15, 0.2) is 0 Å². The number of benzene rings is 1. The fourth-order valence-corrected chi connectivity index (χ4v) is 3.82. The number of alkyl halides is 3. The zero-order chi connectivity index (χ0) is 18.6. The van der Waals surface area contributed by atoms with E-state index in [1.54, 1.807) is 0 Å². The molecule has 1 saturated carbocycles. The highest BCUT2D eigenvalue weighted by Gasteiger charge is 2.35. The average Bonchev–Trinajstić information content (AvgIpc) is 3.16. The first-order chi connectivity index (χ1) is 12.4. The quantitative estimate of drug-likeness (QED) is 0.866. The first-order valence-corrected chi connectivity index (χ1v) is 9.22. The Morgan fingerprint density at radius 2 is 1.88 bits per heavy atom. The van der Waals surface area contributed by atoms with Crippen LogP contribution in [0.2, 0.25) is 0 Å². The van der Waals surface area contributed by atoms with Crippen LogP contribution >= 0.6 is 0 Å². The molecule has 0 aromatic heterocycles. The first-order valence-electron chi connectivity index (χ1n) is 9.22. The van der Waals surface area contributed by atoms with Gasteiger partial charge in [0, 0.05) is 19.1 Å². The predicted molar refractivity (Wildman–Crippen MR) is 91.7 cm³/mol. The molecule has 1 atom stereocenters. The van der Waals surface area contributed by atoms with Crippen LogP contribution in [0.3, 0.4) is 0 Å². The lowest BCUT2D eigenvalue weighted by molar-refractivity contribution is -0.137. The number of carbonyl (C=O) groups is 1. The minimum atomic E-state index is -4.32. The van der Waals surface area contributed by atoms with Crippen LogP contribution < -0.4 is 5.32 Å². The maximum absolute atomic E-state index is 12.6. The summed E-state index contributed by atoms with van der Waals surface area (Å²) in [5.74, 6) is -0.0523. The van der Waals surface area contributed by atoms with E-state index in [9.17, 15) is 18.0 Å². The summed E-state index contributed by atoms with van der Waals surface area (Å²) in [6.07, 6.45) is 0.873. The van der Waals surface area contributed by atoms with E-state index in [4.69, 9.17) is 4.74 Å². The second kappa shape index (κ2) is 8.39. The Balaban J connectivity index is 1.49. The molecule has 3 rings (SSSR count). The van der Waals surface area contributed by atoms with Crippen LogP contribution in [0.25, 0.3) is 0 Å². The molecule has 1 aromatic carbocycles. The van der Waals surface area contributed by atoms with E-state index in [2.05, 4.69) is 10.2 Å². The molecule has 0 radical (unpaired) electrons. The van der Waals surface area contributed by atoms with Crippen LogP contribution in [0.4, 0.5) is 13.2 Å². The van der Waals surface area contributed by atoms with E-state index >= 15 is 0 Å². The van der Waals surface area contributed by atoms with Crippen molar-refractivity contribution in [1.82, 2.24) is 10.2 Å². The number of halogens is 3. The fraction of sp³-hybridized carbons (Fsp3) is 0.632. The van der Waals surface area contributed by atoms with Gasteiger partial charge in [0.05, 0.1) is 18.8 Å². The summed E-state index contributed by atoms with van der Waals surface area (Å²) >= 11 is 0. The summed E-state index contributed by atoms with van der Waals surface area (Å²) in [5, 5.41) is 2.92. The number of hydrogen-bond acceptors (Lipinski definition) is 3. The van der Waals surface area contributed by atoms with Crippen molar-refractivity contribution >= 4 is 5.91 Å². The highest BCUT2D eigenvalue weighted by molar-refractivity contribution is 5.82. The van der Waals surface area contributed by atoms with E-state index < -0.39 is 11.7 Å². The molecular formula is C19H25F3N2O2. The Morgan fingerprint density at radius 3 is 2.54 bits per heavy atom. The topological polar surface area (TPSA) is 41.6 Å². The van der Waals surface area contributed by atoms with Gasteiger partial charge >= 0.3 is 6.18 Å². The number of amides is 1. The molecule has 4 nitrogen and oxygen atoms in total. The molecule has 2 aliphatic rings. The number of morpholine rings is 1. The summed E-state index contributed by atoms with van der Waals surface area (Å²) in [5.41, 5.74) is 0.114. The molecule has 1 heterocycles. The molecule has 1 aromatic rings. The van der Waals surface area contributed by atoms with E-state index in [-0.39, 0.29) is 11.9 Å². The smallest absolute Gasteiger partial charge is 0.378 e. The number of hydrogen-bond donors (Lipinski definition) is 1. The minimum absolute atomic E-state index is 0.0523. The monoisotopic (exact) mass is 370 g/mol. The van der Waals surface area contributed by atoms with Crippen LogP contribution in [0.5, 0.6) is 0 Å². The lowest BCUT2D eigenvalue weighted by Crippen LogP contribution is -2.56. The lowest BCUT2D eigenvalue weighted by Gasteiger charge is -2.38. The number of nitrogens with zero attached hydrogens (tertiary/aromatic N) is 1. The Bertz CT molecular complexity index is 598. The molecule has 1 aliphatic carbocycles. The van der Waals surface area contributed by atoms with Crippen molar-refractivity contribution in [2.75, 3.05) is 26.3 Å². The standard InChI is InChI=1S/C19H25F3N2O2/c20-19(21,22)15-7-5-14(6-8-15)9-10-23-18(25)17-13-26-12-11-24(17)16-3-1-2-4-16/h5-8,16-17H,1-4,9-13H2,(H,23,25). The molecule has 1 amide bonds. The van der Waals surface area contributed by atoms with Crippen LogP contribution in [0.15, 0.2) is 24.3 Å². The van der Waals surface area contributed by atoms with Crippen LogP contribution in [-0.4, -0.2) is 49.2 Å². The second-order valence-electron chi connectivity index (χ2n) is 7.00. The molecule has 2 fully saturated rings. The van der Waals surface area contributed by atoms with Crippen molar-refractivity contribution in [2.24, 2.45) is 0 Å². The van der Waals surface area contributed by atoms with Crippen molar-refractivity contribution in [2.45, 2.75) is 50.4 Å². The number of rotatable bonds is 5. The van der Waals surface area contributed by atoms with Gasteiger partial charge in [-0.15, -0.1) is 0 Å². The second-order valence-corrected chi connectivity index (χ2v) is 7.00. The summed E-state index contributed by atoms with van der Waals surface area (Å²) in [7, 11) is 0. The van der Waals surface area contributed by atoms with E-state index in [0.29, 0.717) is 32.2 Å². The van der Waals surface area contributed by atoms with Crippen molar-refractivity contribution in [3.05, 3.63) is 35.4 Å². The van der Waals surface area contributed by atoms with Crippen LogP contribution in [0.1, 0.15) is 36.8 Å². The largest absolute Gasteiger partial charge is 0.416 e. The van der Waals surface area contributed by atoms with Crippen molar-refractivity contribution < 1.29 is 22.7 Å². The SMILES string of the molecule is O=C(NCCc1ccc(C(F)(F)F)cc1)C1COCCN1C1CCCC1. The Hall–Kier alpha value is -1.60. The summed E-state index contributed by atoms with van der Waals surface area (Å²) in [6.45, 7) is 2.25. The lowest BCUT2D eigenvalue weighted by atomic mass is 10.1. The third-order valence-electron chi connectivity index (χ3n) is 5.26. The highest BCUT2D eigenvalue weighted by Crippen LogP contribution is 2.29. The summed E-state index contributed by atoms with van der Waals surface area (Å²) in [4.78, 5) is 14.8. The molecule has 1 aliphatic heterocycles. The molecule has 0 spiro atoms. The molecule has 1 saturated heterocycles. The van der Waals surface area contributed by atoms with Crippen LogP contribution in [-0.2, 0) is 22.1 Å². The Labute approximate surface area is 151 Å². The van der Waals surface area contributed by atoms with Gasteiger partial charge in [0.25, 0.3) is 0 Å². The molecule has 7 heteroatoms. The third kappa shape index (κ3) is 4.76. The van der Waals surface area contributed by atoms with Gasteiger partial charge in [-0.2, -0.15) is 13.2 Å². The molecular weight excluding hydrogens is 345 g/mol. The number of carbonyl (C=O) groups excluding carboxylic acids is 1. The van der Waals surface area contributed by atoms with Gasteiger partial charge in [-0.1, -0.05) is 25.0 Å². The first kappa shape index (κ1) is 19.2. The van der Waals surface area contributed by atoms with Crippen molar-refractivity contribution in [3.63, 3.8) is 0 Å². The maximum Gasteiger partial charge on any atom is 0.416 e. The molecule has 1 N–H and O–H groups in total.